The number of nitrogens with zero attached hydrogens (tertiary/aromatic N) is 1. The number of carbonyl (C=O) groups excluding carboxylic acids is 1. The van der Waals surface area contributed by atoms with Crippen LogP contribution in [0.15, 0.2) is 30.5 Å². The van der Waals surface area contributed by atoms with E-state index in [-0.39, 0.29) is 11.4 Å². The van der Waals surface area contributed by atoms with Crippen LogP contribution in [0.5, 0.6) is 0 Å². The number of anilines is 2. The van der Waals surface area contributed by atoms with Crippen LogP contribution in [0, 0.1) is 17.5 Å². The van der Waals surface area contributed by atoms with Crippen LogP contribution < -0.4 is 11.1 Å². The lowest BCUT2D eigenvalue weighted by atomic mass is 10.2. The number of halogens is 3. The van der Waals surface area contributed by atoms with E-state index in [4.69, 9.17) is 5.73 Å². The van der Waals surface area contributed by atoms with Crippen LogP contribution in [0.4, 0.5) is 24.7 Å². The van der Waals surface area contributed by atoms with E-state index in [1.807, 2.05) is 0 Å². The number of aromatic nitrogens is 1. The summed E-state index contributed by atoms with van der Waals surface area (Å²) in [4.78, 5) is 15.4. The van der Waals surface area contributed by atoms with Crippen molar-refractivity contribution in [2.75, 3.05) is 11.1 Å². The van der Waals surface area contributed by atoms with Gasteiger partial charge in [0.25, 0.3) is 5.91 Å². The number of benzene rings is 1. The summed E-state index contributed by atoms with van der Waals surface area (Å²) in [5.74, 6) is -4.15. The zero-order chi connectivity index (χ0) is 14.0. The van der Waals surface area contributed by atoms with E-state index in [0.717, 1.165) is 0 Å². The Hall–Kier alpha value is -2.57. The van der Waals surface area contributed by atoms with Gasteiger partial charge in [0, 0.05) is 18.3 Å². The van der Waals surface area contributed by atoms with Crippen molar-refractivity contribution in [3.63, 3.8) is 0 Å². The van der Waals surface area contributed by atoms with Crippen LogP contribution in [0.3, 0.4) is 0 Å². The van der Waals surface area contributed by atoms with Crippen molar-refractivity contribution in [2.45, 2.75) is 0 Å². The molecule has 0 spiro atoms. The third-order valence-corrected chi connectivity index (χ3v) is 2.31. The summed E-state index contributed by atoms with van der Waals surface area (Å²) in [6, 6.07) is 3.67. The fraction of sp³-hybridized carbons (Fsp3) is 0. The number of rotatable bonds is 2. The van der Waals surface area contributed by atoms with Gasteiger partial charge in [0.2, 0.25) is 0 Å². The van der Waals surface area contributed by atoms with Crippen molar-refractivity contribution < 1.29 is 18.0 Å². The number of hydrogen-bond donors (Lipinski definition) is 2. The van der Waals surface area contributed by atoms with Gasteiger partial charge in [0.1, 0.15) is 11.6 Å². The molecule has 0 fully saturated rings. The maximum atomic E-state index is 13.3. The van der Waals surface area contributed by atoms with Crippen LogP contribution in [-0.4, -0.2) is 10.9 Å². The molecule has 3 N–H and O–H groups in total. The monoisotopic (exact) mass is 267 g/mol. The molecule has 1 aromatic heterocycles. The van der Waals surface area contributed by atoms with Gasteiger partial charge in [-0.3, -0.25) is 4.79 Å². The van der Waals surface area contributed by atoms with Crippen LogP contribution in [0.25, 0.3) is 0 Å². The molecule has 1 amide bonds. The van der Waals surface area contributed by atoms with Crippen molar-refractivity contribution >= 4 is 17.4 Å². The van der Waals surface area contributed by atoms with E-state index in [2.05, 4.69) is 10.3 Å². The van der Waals surface area contributed by atoms with E-state index in [1.54, 1.807) is 0 Å². The largest absolute Gasteiger partial charge is 0.384 e. The van der Waals surface area contributed by atoms with Crippen LogP contribution >= 0.6 is 0 Å². The Bertz CT molecular complexity index is 629. The van der Waals surface area contributed by atoms with Gasteiger partial charge in [-0.2, -0.15) is 0 Å². The number of nitrogen functional groups attached to an aromatic ring is 1. The lowest BCUT2D eigenvalue weighted by Crippen LogP contribution is -2.14. The maximum absolute atomic E-state index is 13.3. The van der Waals surface area contributed by atoms with Crippen molar-refractivity contribution in [2.24, 2.45) is 0 Å². The van der Waals surface area contributed by atoms with Crippen LogP contribution in [0.2, 0.25) is 0 Å². The second-order valence-corrected chi connectivity index (χ2v) is 3.67. The average Bonchev–Trinajstić information content (AvgIpc) is 2.36. The molecule has 2 aromatic rings. The zero-order valence-corrected chi connectivity index (χ0v) is 9.45. The second kappa shape index (κ2) is 4.97. The Labute approximate surface area is 106 Å². The number of nitrogens with one attached hydrogen (secondary N) is 1. The topological polar surface area (TPSA) is 68.0 Å². The van der Waals surface area contributed by atoms with E-state index in [9.17, 15) is 18.0 Å². The summed E-state index contributed by atoms with van der Waals surface area (Å²) in [5.41, 5.74) is 5.00. The fourth-order valence-corrected chi connectivity index (χ4v) is 1.35. The Morgan fingerprint density at radius 3 is 2.42 bits per heavy atom. The molecular weight excluding hydrogens is 259 g/mol. The Morgan fingerprint density at radius 1 is 1.11 bits per heavy atom. The van der Waals surface area contributed by atoms with Gasteiger partial charge in [-0.05, 0) is 12.1 Å². The molecule has 2 rings (SSSR count). The molecule has 1 heterocycles. The van der Waals surface area contributed by atoms with E-state index >= 15 is 0 Å². The number of hydrogen-bond acceptors (Lipinski definition) is 3. The van der Waals surface area contributed by atoms with E-state index < -0.39 is 29.0 Å². The molecule has 0 saturated heterocycles. The smallest absolute Gasteiger partial charge is 0.257 e. The van der Waals surface area contributed by atoms with Crippen LogP contribution in [-0.2, 0) is 0 Å². The molecular formula is C12H8F3N3O. The molecule has 0 aliphatic carbocycles. The Kier molecular flexibility index (Phi) is 3.37. The molecule has 0 aliphatic rings. The standard InChI is InChI=1S/C12H8F3N3O/c13-7-3-9(15)10(4-8(7)14)18-12(19)6-1-2-11(16)17-5-6/h1-5H,(H2,16,17)(H,18,19). The highest BCUT2D eigenvalue weighted by molar-refractivity contribution is 6.04. The highest BCUT2D eigenvalue weighted by atomic mass is 19.2. The Morgan fingerprint density at radius 2 is 1.79 bits per heavy atom. The lowest BCUT2D eigenvalue weighted by molar-refractivity contribution is 0.102. The van der Waals surface area contributed by atoms with Gasteiger partial charge in [-0.25, -0.2) is 18.2 Å². The van der Waals surface area contributed by atoms with Gasteiger partial charge in [0.15, 0.2) is 11.6 Å². The first-order valence-corrected chi connectivity index (χ1v) is 5.15. The van der Waals surface area contributed by atoms with Gasteiger partial charge in [-0.15, -0.1) is 0 Å². The molecule has 0 unspecified atom stereocenters. The van der Waals surface area contributed by atoms with Crippen molar-refractivity contribution in [3.8, 4) is 0 Å². The summed E-state index contributed by atoms with van der Waals surface area (Å²) in [7, 11) is 0. The first-order valence-electron chi connectivity index (χ1n) is 5.15. The summed E-state index contributed by atoms with van der Waals surface area (Å²) in [6.07, 6.45) is 1.18. The quantitative estimate of drug-likeness (QED) is 0.820. The molecule has 0 radical (unpaired) electrons. The molecule has 0 bridgehead atoms. The molecule has 0 atom stereocenters. The molecule has 98 valence electrons. The number of carbonyl (C=O) groups is 1. The zero-order valence-electron chi connectivity index (χ0n) is 9.45. The van der Waals surface area contributed by atoms with Gasteiger partial charge < -0.3 is 11.1 Å². The van der Waals surface area contributed by atoms with E-state index in [1.165, 1.54) is 18.3 Å². The highest BCUT2D eigenvalue weighted by Gasteiger charge is 2.13. The maximum Gasteiger partial charge on any atom is 0.257 e. The molecule has 19 heavy (non-hydrogen) atoms. The average molecular weight is 267 g/mol. The summed E-state index contributed by atoms with van der Waals surface area (Å²) in [6.45, 7) is 0. The van der Waals surface area contributed by atoms with Crippen molar-refractivity contribution in [3.05, 3.63) is 53.5 Å². The molecule has 1 aromatic carbocycles. The third-order valence-electron chi connectivity index (χ3n) is 2.31. The van der Waals surface area contributed by atoms with Gasteiger partial charge in [-0.1, -0.05) is 0 Å². The summed E-state index contributed by atoms with van der Waals surface area (Å²) < 4.78 is 39.0. The summed E-state index contributed by atoms with van der Waals surface area (Å²) in [5, 5.41) is 2.11. The molecule has 7 heteroatoms. The minimum atomic E-state index is -1.33. The van der Waals surface area contributed by atoms with Gasteiger partial charge >= 0.3 is 0 Å². The minimum absolute atomic E-state index is 0.110. The first kappa shape index (κ1) is 12.9. The molecule has 0 aliphatic heterocycles. The third kappa shape index (κ3) is 2.82. The number of amides is 1. The van der Waals surface area contributed by atoms with Crippen molar-refractivity contribution in [1.82, 2.24) is 4.98 Å². The fourth-order valence-electron chi connectivity index (χ4n) is 1.35. The number of pyridine rings is 1. The van der Waals surface area contributed by atoms with E-state index in [0.29, 0.717) is 12.1 Å². The lowest BCUT2D eigenvalue weighted by Gasteiger charge is -2.07. The van der Waals surface area contributed by atoms with Crippen molar-refractivity contribution in [1.29, 1.82) is 0 Å². The predicted molar refractivity (Wildman–Crippen MR) is 62.9 cm³/mol. The predicted octanol–water partition coefficient (Wildman–Crippen LogP) is 2.33. The minimum Gasteiger partial charge on any atom is -0.384 e. The first-order chi connectivity index (χ1) is 8.97. The SMILES string of the molecule is Nc1ccc(C(=O)Nc2cc(F)c(F)cc2F)cn1. The second-order valence-electron chi connectivity index (χ2n) is 3.67. The molecule has 0 saturated carbocycles. The van der Waals surface area contributed by atoms with Crippen LogP contribution in [0.1, 0.15) is 10.4 Å². The van der Waals surface area contributed by atoms with Gasteiger partial charge in [0.05, 0.1) is 11.3 Å². The normalized spacial score (nSPS) is 10.3. The Balaban J connectivity index is 2.24. The summed E-state index contributed by atoms with van der Waals surface area (Å²) >= 11 is 0. The number of nitrogens with two attached hydrogens (primary N) is 1. The molecule has 4 nitrogen and oxygen atoms in total. The highest BCUT2D eigenvalue weighted by Crippen LogP contribution is 2.19.